The van der Waals surface area contributed by atoms with Crippen molar-refractivity contribution in [3.8, 4) is 5.75 Å². The molecule has 0 aliphatic rings. The van der Waals surface area contributed by atoms with E-state index < -0.39 is 12.4 Å². The summed E-state index contributed by atoms with van der Waals surface area (Å²) in [4.78, 5) is 0. The van der Waals surface area contributed by atoms with Gasteiger partial charge >= 0.3 is 6.61 Å². The first-order chi connectivity index (χ1) is 10.5. The SMILES string of the molecule is Cc1ccc(NC(=S)Nc2ccccc2F)c(OC(F)F)c1. The first-order valence-electron chi connectivity index (χ1n) is 6.33. The minimum Gasteiger partial charge on any atom is -0.433 e. The summed E-state index contributed by atoms with van der Waals surface area (Å²) in [6, 6.07) is 10.7. The van der Waals surface area contributed by atoms with Crippen LogP contribution in [0.1, 0.15) is 5.56 Å². The van der Waals surface area contributed by atoms with Crippen molar-refractivity contribution in [2.24, 2.45) is 0 Å². The normalized spacial score (nSPS) is 10.4. The molecule has 0 fully saturated rings. The highest BCUT2D eigenvalue weighted by atomic mass is 32.1. The van der Waals surface area contributed by atoms with Gasteiger partial charge in [0.1, 0.15) is 11.6 Å². The maximum atomic E-state index is 13.5. The zero-order valence-electron chi connectivity index (χ0n) is 11.6. The molecule has 0 amide bonds. The minimum absolute atomic E-state index is 0.0346. The molecule has 0 bridgehead atoms. The molecule has 0 atom stereocenters. The van der Waals surface area contributed by atoms with Crippen LogP contribution in [0.2, 0.25) is 0 Å². The lowest BCUT2D eigenvalue weighted by atomic mass is 10.2. The Balaban J connectivity index is 2.13. The maximum absolute atomic E-state index is 13.5. The summed E-state index contributed by atoms with van der Waals surface area (Å²) in [5.74, 6) is -0.507. The molecule has 0 aliphatic heterocycles. The lowest BCUT2D eigenvalue weighted by Crippen LogP contribution is -2.20. The van der Waals surface area contributed by atoms with Crippen LogP contribution in [0.4, 0.5) is 24.5 Å². The maximum Gasteiger partial charge on any atom is 0.387 e. The van der Waals surface area contributed by atoms with Crippen LogP contribution in [0, 0.1) is 12.7 Å². The Morgan fingerprint density at radius 3 is 2.45 bits per heavy atom. The van der Waals surface area contributed by atoms with E-state index in [0.717, 1.165) is 5.56 Å². The molecule has 22 heavy (non-hydrogen) atoms. The first-order valence-corrected chi connectivity index (χ1v) is 6.74. The van der Waals surface area contributed by atoms with Crippen LogP contribution in [0.25, 0.3) is 0 Å². The zero-order chi connectivity index (χ0) is 16.1. The van der Waals surface area contributed by atoms with Crippen molar-refractivity contribution in [2.45, 2.75) is 13.5 Å². The van der Waals surface area contributed by atoms with Gasteiger partial charge in [-0.3, -0.25) is 0 Å². The summed E-state index contributed by atoms with van der Waals surface area (Å²) in [7, 11) is 0. The number of hydrogen-bond donors (Lipinski definition) is 2. The van der Waals surface area contributed by atoms with Gasteiger partial charge in [0.15, 0.2) is 5.11 Å². The molecule has 0 unspecified atom stereocenters. The van der Waals surface area contributed by atoms with Gasteiger partial charge in [0, 0.05) is 0 Å². The number of hydrogen-bond acceptors (Lipinski definition) is 2. The number of rotatable bonds is 4. The highest BCUT2D eigenvalue weighted by molar-refractivity contribution is 7.80. The van der Waals surface area contributed by atoms with Gasteiger partial charge in [0.25, 0.3) is 0 Å². The molecule has 0 saturated carbocycles. The molecule has 0 spiro atoms. The zero-order valence-corrected chi connectivity index (χ0v) is 12.4. The number of ether oxygens (including phenoxy) is 1. The average molecular weight is 326 g/mol. The number of halogens is 3. The van der Waals surface area contributed by atoms with Gasteiger partial charge in [-0.15, -0.1) is 0 Å². The molecule has 7 heteroatoms. The third-order valence-corrected chi connectivity index (χ3v) is 2.93. The van der Waals surface area contributed by atoms with Crippen molar-refractivity contribution in [1.82, 2.24) is 0 Å². The van der Waals surface area contributed by atoms with Crippen molar-refractivity contribution < 1.29 is 17.9 Å². The van der Waals surface area contributed by atoms with Crippen LogP contribution >= 0.6 is 12.2 Å². The van der Waals surface area contributed by atoms with Crippen molar-refractivity contribution >= 4 is 28.7 Å². The summed E-state index contributed by atoms with van der Waals surface area (Å²) < 4.78 is 42.8. The van der Waals surface area contributed by atoms with E-state index in [1.54, 1.807) is 31.2 Å². The Bertz CT molecular complexity index is 680. The molecule has 0 radical (unpaired) electrons. The van der Waals surface area contributed by atoms with Crippen LogP contribution in [-0.2, 0) is 0 Å². The van der Waals surface area contributed by atoms with E-state index in [-0.39, 0.29) is 22.2 Å². The molecule has 116 valence electrons. The summed E-state index contributed by atoms with van der Waals surface area (Å²) >= 11 is 5.05. The fourth-order valence-electron chi connectivity index (χ4n) is 1.76. The minimum atomic E-state index is -2.95. The van der Waals surface area contributed by atoms with E-state index in [0.29, 0.717) is 0 Å². The van der Waals surface area contributed by atoms with E-state index in [9.17, 15) is 13.2 Å². The number of nitrogens with one attached hydrogen (secondary N) is 2. The second-order valence-electron chi connectivity index (χ2n) is 4.44. The van der Waals surface area contributed by atoms with E-state index in [1.807, 2.05) is 0 Å². The standard InChI is InChI=1S/C15H13F3N2OS/c1-9-6-7-12(13(8-9)21-14(17)18)20-15(22)19-11-5-3-2-4-10(11)16/h2-8,14H,1H3,(H2,19,20,22). The van der Waals surface area contributed by atoms with Crippen molar-refractivity contribution in [2.75, 3.05) is 10.6 Å². The average Bonchev–Trinajstić information content (AvgIpc) is 2.44. The number of thiocarbonyl (C=S) groups is 1. The largest absolute Gasteiger partial charge is 0.433 e. The van der Waals surface area contributed by atoms with E-state index in [4.69, 9.17) is 12.2 Å². The summed E-state index contributed by atoms with van der Waals surface area (Å²) in [6.45, 7) is -1.20. The Kier molecular flexibility index (Phi) is 5.21. The molecule has 2 rings (SSSR count). The molecule has 3 nitrogen and oxygen atoms in total. The second kappa shape index (κ2) is 7.13. The van der Waals surface area contributed by atoms with Gasteiger partial charge in [-0.1, -0.05) is 18.2 Å². The van der Waals surface area contributed by atoms with Crippen LogP contribution < -0.4 is 15.4 Å². The Labute approximate surface area is 131 Å². The lowest BCUT2D eigenvalue weighted by Gasteiger charge is -2.15. The smallest absolute Gasteiger partial charge is 0.387 e. The monoisotopic (exact) mass is 326 g/mol. The third-order valence-electron chi connectivity index (χ3n) is 2.72. The molecular formula is C15H13F3N2OS. The van der Waals surface area contributed by atoms with Crippen LogP contribution in [0.3, 0.4) is 0 Å². The second-order valence-corrected chi connectivity index (χ2v) is 4.85. The van der Waals surface area contributed by atoms with Crippen molar-refractivity contribution in [3.63, 3.8) is 0 Å². The summed E-state index contributed by atoms with van der Waals surface area (Å²) in [5.41, 5.74) is 1.21. The van der Waals surface area contributed by atoms with Crippen molar-refractivity contribution in [3.05, 3.63) is 53.8 Å². The molecule has 2 N–H and O–H groups in total. The van der Waals surface area contributed by atoms with Crippen molar-refractivity contribution in [1.29, 1.82) is 0 Å². The van der Waals surface area contributed by atoms with E-state index in [2.05, 4.69) is 15.4 Å². The number of benzene rings is 2. The van der Waals surface area contributed by atoms with Gasteiger partial charge in [-0.05, 0) is 49.0 Å². The van der Waals surface area contributed by atoms with Crippen LogP contribution in [0.15, 0.2) is 42.5 Å². The van der Waals surface area contributed by atoms with Crippen LogP contribution in [-0.4, -0.2) is 11.7 Å². The molecule has 2 aromatic rings. The van der Waals surface area contributed by atoms with Gasteiger partial charge < -0.3 is 15.4 Å². The van der Waals surface area contributed by atoms with Crippen LogP contribution in [0.5, 0.6) is 5.75 Å². The highest BCUT2D eigenvalue weighted by Gasteiger charge is 2.11. The molecular weight excluding hydrogens is 313 g/mol. The number of alkyl halides is 2. The predicted molar refractivity (Wildman–Crippen MR) is 84.1 cm³/mol. The lowest BCUT2D eigenvalue weighted by molar-refractivity contribution is -0.0493. The fraction of sp³-hybridized carbons (Fsp3) is 0.133. The predicted octanol–water partition coefficient (Wildman–Crippen LogP) is 4.54. The Morgan fingerprint density at radius 2 is 1.77 bits per heavy atom. The van der Waals surface area contributed by atoms with Gasteiger partial charge in [-0.25, -0.2) is 4.39 Å². The summed E-state index contributed by atoms with van der Waals surface area (Å²) in [6.07, 6.45) is 0. The summed E-state index contributed by atoms with van der Waals surface area (Å²) in [5, 5.41) is 5.43. The Morgan fingerprint density at radius 1 is 1.09 bits per heavy atom. The van der Waals surface area contributed by atoms with E-state index >= 15 is 0 Å². The molecule has 0 saturated heterocycles. The molecule has 0 heterocycles. The van der Waals surface area contributed by atoms with Gasteiger partial charge in [-0.2, -0.15) is 8.78 Å². The third kappa shape index (κ3) is 4.36. The number of anilines is 2. The molecule has 0 aliphatic carbocycles. The highest BCUT2D eigenvalue weighted by Crippen LogP contribution is 2.27. The molecule has 0 aromatic heterocycles. The quantitative estimate of drug-likeness (QED) is 0.808. The topological polar surface area (TPSA) is 33.3 Å². The number of para-hydroxylation sites is 1. The Hall–Kier alpha value is -2.28. The van der Waals surface area contributed by atoms with Gasteiger partial charge in [0.05, 0.1) is 11.4 Å². The van der Waals surface area contributed by atoms with E-state index in [1.165, 1.54) is 18.2 Å². The first kappa shape index (κ1) is 16.1. The molecule has 2 aromatic carbocycles. The van der Waals surface area contributed by atoms with Gasteiger partial charge in [0.2, 0.25) is 0 Å². The fourth-order valence-corrected chi connectivity index (χ4v) is 1.98. The number of aryl methyl sites for hydroxylation is 1.